The lowest BCUT2D eigenvalue weighted by Crippen LogP contribution is -1.98. The molecule has 0 unspecified atom stereocenters. The van der Waals surface area contributed by atoms with E-state index in [1.54, 1.807) is 0 Å². The van der Waals surface area contributed by atoms with Crippen LogP contribution < -0.4 is 0 Å². The number of carbonyl (C=O) groups is 1. The van der Waals surface area contributed by atoms with Crippen molar-refractivity contribution in [3.05, 3.63) is 39.5 Å². The molecule has 0 heterocycles. The van der Waals surface area contributed by atoms with Crippen molar-refractivity contribution in [1.82, 2.24) is 0 Å². The summed E-state index contributed by atoms with van der Waals surface area (Å²) < 4.78 is 0.858. The second-order valence-electron chi connectivity index (χ2n) is 3.54. The second-order valence-corrected chi connectivity index (χ2v) is 4.70. The summed E-state index contributed by atoms with van der Waals surface area (Å²) in [5.74, 6) is 0.635. The third kappa shape index (κ3) is 2.44. The van der Waals surface area contributed by atoms with E-state index >= 15 is 0 Å². The van der Waals surface area contributed by atoms with Gasteiger partial charge in [-0.05, 0) is 47.1 Å². The first kappa shape index (κ1) is 9.90. The number of benzene rings is 1. The molecule has 1 aliphatic rings. The quantitative estimate of drug-likeness (QED) is 0.617. The largest absolute Gasteiger partial charge is 0.293 e. The van der Waals surface area contributed by atoms with Gasteiger partial charge in [0.25, 0.3) is 0 Å². The van der Waals surface area contributed by atoms with Crippen LogP contribution in [-0.2, 0) is 4.79 Å². The van der Waals surface area contributed by atoms with Crippen molar-refractivity contribution in [2.45, 2.75) is 12.8 Å². The fourth-order valence-corrected chi connectivity index (χ4v) is 2.11. The predicted octanol–water partition coefficient (Wildman–Crippen LogP) is 3.44. The zero-order valence-corrected chi connectivity index (χ0v) is 9.90. The fourth-order valence-electron chi connectivity index (χ4n) is 1.31. The van der Waals surface area contributed by atoms with Crippen molar-refractivity contribution in [1.29, 1.82) is 0 Å². The van der Waals surface area contributed by atoms with Crippen molar-refractivity contribution < 1.29 is 4.79 Å². The van der Waals surface area contributed by atoms with Gasteiger partial charge >= 0.3 is 0 Å². The molecule has 72 valence electrons. The van der Waals surface area contributed by atoms with Crippen LogP contribution in [0.2, 0.25) is 0 Å². The van der Waals surface area contributed by atoms with Gasteiger partial charge in [0.2, 0.25) is 0 Å². The van der Waals surface area contributed by atoms with Crippen molar-refractivity contribution in [3.63, 3.8) is 0 Å². The zero-order valence-electron chi connectivity index (χ0n) is 7.74. The predicted molar refractivity (Wildman–Crippen MR) is 66.2 cm³/mol. The highest BCUT2D eigenvalue weighted by Crippen LogP contribution is 2.34. The Balaban J connectivity index is 2.13. The van der Waals surface area contributed by atoms with Crippen LogP contribution >= 0.6 is 22.6 Å². The molecular weight excluding hydrogens is 287 g/mol. The van der Waals surface area contributed by atoms with Crippen molar-refractivity contribution >= 4 is 34.5 Å². The highest BCUT2D eigenvalue weighted by atomic mass is 127. The SMILES string of the molecule is O=C(/C(I)=C\c1ccccc1)C1CC1. The average Bonchev–Trinajstić information content (AvgIpc) is 3.01. The maximum Gasteiger partial charge on any atom is 0.172 e. The lowest BCUT2D eigenvalue weighted by atomic mass is 10.1. The number of allylic oxidation sites excluding steroid dienone is 1. The van der Waals surface area contributed by atoms with Crippen molar-refractivity contribution in [2.24, 2.45) is 5.92 Å². The van der Waals surface area contributed by atoms with Gasteiger partial charge in [0.1, 0.15) is 0 Å². The summed E-state index contributed by atoms with van der Waals surface area (Å²) in [4.78, 5) is 11.6. The molecule has 0 amide bonds. The number of Topliss-reactive ketones (excluding diaryl/α,β-unsaturated/α-hetero) is 1. The topological polar surface area (TPSA) is 17.1 Å². The summed E-state index contributed by atoms with van der Waals surface area (Å²) in [6.07, 6.45) is 4.11. The average molecular weight is 298 g/mol. The number of ketones is 1. The molecule has 0 atom stereocenters. The summed E-state index contributed by atoms with van der Waals surface area (Å²) in [7, 11) is 0. The molecule has 0 saturated heterocycles. The molecule has 0 aromatic heterocycles. The minimum Gasteiger partial charge on any atom is -0.293 e. The van der Waals surface area contributed by atoms with Crippen molar-refractivity contribution in [3.8, 4) is 0 Å². The third-order valence-corrected chi connectivity index (χ3v) is 3.12. The van der Waals surface area contributed by atoms with E-state index in [4.69, 9.17) is 0 Å². The summed E-state index contributed by atoms with van der Waals surface area (Å²) >= 11 is 2.14. The minimum atomic E-state index is 0.314. The van der Waals surface area contributed by atoms with Gasteiger partial charge in [0.05, 0.1) is 3.58 Å². The van der Waals surface area contributed by atoms with E-state index in [9.17, 15) is 4.79 Å². The summed E-state index contributed by atoms with van der Waals surface area (Å²) in [6, 6.07) is 9.97. The number of rotatable bonds is 3. The highest BCUT2D eigenvalue weighted by molar-refractivity contribution is 14.1. The molecule has 1 nitrogen and oxygen atoms in total. The number of hydrogen-bond acceptors (Lipinski definition) is 1. The van der Waals surface area contributed by atoms with Gasteiger partial charge in [0, 0.05) is 5.92 Å². The van der Waals surface area contributed by atoms with Crippen molar-refractivity contribution in [2.75, 3.05) is 0 Å². The van der Waals surface area contributed by atoms with Gasteiger partial charge in [-0.15, -0.1) is 0 Å². The molecule has 14 heavy (non-hydrogen) atoms. The Labute approximate surface area is 97.3 Å². The Hall–Kier alpha value is -0.640. The van der Waals surface area contributed by atoms with Gasteiger partial charge in [-0.1, -0.05) is 30.3 Å². The number of hydrogen-bond donors (Lipinski definition) is 0. The first-order valence-corrected chi connectivity index (χ1v) is 5.82. The zero-order chi connectivity index (χ0) is 9.97. The van der Waals surface area contributed by atoms with Crippen LogP contribution in [0.1, 0.15) is 18.4 Å². The molecule has 2 rings (SSSR count). The van der Waals surface area contributed by atoms with Crippen LogP contribution in [0, 0.1) is 5.92 Å². The van der Waals surface area contributed by atoms with Crippen LogP contribution in [0.5, 0.6) is 0 Å². The molecular formula is C12H11IO. The van der Waals surface area contributed by atoms with Gasteiger partial charge in [-0.2, -0.15) is 0 Å². The molecule has 1 aromatic carbocycles. The van der Waals surface area contributed by atoms with Crippen LogP contribution in [0.15, 0.2) is 33.9 Å². The van der Waals surface area contributed by atoms with Crippen LogP contribution in [0.4, 0.5) is 0 Å². The summed E-state index contributed by atoms with van der Waals surface area (Å²) in [5.41, 5.74) is 1.10. The molecule has 0 aliphatic heterocycles. The Morgan fingerprint density at radius 1 is 1.29 bits per heavy atom. The Kier molecular flexibility index (Phi) is 3.01. The van der Waals surface area contributed by atoms with E-state index in [-0.39, 0.29) is 0 Å². The van der Waals surface area contributed by atoms with Crippen LogP contribution in [0.25, 0.3) is 6.08 Å². The molecule has 1 aliphatic carbocycles. The molecule has 1 aromatic rings. The Morgan fingerprint density at radius 3 is 2.50 bits per heavy atom. The monoisotopic (exact) mass is 298 g/mol. The van der Waals surface area contributed by atoms with Gasteiger partial charge in [-0.3, -0.25) is 4.79 Å². The third-order valence-electron chi connectivity index (χ3n) is 2.28. The molecule has 0 N–H and O–H groups in total. The lowest BCUT2D eigenvalue weighted by Gasteiger charge is -1.96. The van der Waals surface area contributed by atoms with E-state index < -0.39 is 0 Å². The maximum absolute atomic E-state index is 11.6. The molecule has 0 bridgehead atoms. The molecule has 1 fully saturated rings. The number of carbonyl (C=O) groups excluding carboxylic acids is 1. The van der Waals surface area contributed by atoms with E-state index in [0.717, 1.165) is 22.0 Å². The molecule has 1 saturated carbocycles. The van der Waals surface area contributed by atoms with E-state index in [2.05, 4.69) is 22.6 Å². The van der Waals surface area contributed by atoms with Gasteiger partial charge < -0.3 is 0 Å². The highest BCUT2D eigenvalue weighted by Gasteiger charge is 2.30. The van der Waals surface area contributed by atoms with Crippen LogP contribution in [-0.4, -0.2) is 5.78 Å². The first-order valence-electron chi connectivity index (χ1n) is 4.74. The Bertz CT molecular complexity index is 363. The summed E-state index contributed by atoms with van der Waals surface area (Å²) in [5, 5.41) is 0. The Morgan fingerprint density at radius 2 is 1.93 bits per heavy atom. The van der Waals surface area contributed by atoms with E-state index in [0.29, 0.717) is 11.7 Å². The van der Waals surface area contributed by atoms with E-state index in [1.165, 1.54) is 0 Å². The minimum absolute atomic E-state index is 0.314. The molecule has 2 heteroatoms. The first-order chi connectivity index (χ1) is 6.77. The van der Waals surface area contributed by atoms with Gasteiger partial charge in [0.15, 0.2) is 5.78 Å². The maximum atomic E-state index is 11.6. The van der Waals surface area contributed by atoms with E-state index in [1.807, 2.05) is 36.4 Å². The fraction of sp³-hybridized carbons (Fsp3) is 0.250. The molecule has 0 spiro atoms. The number of halogens is 1. The summed E-state index contributed by atoms with van der Waals surface area (Å²) in [6.45, 7) is 0. The lowest BCUT2D eigenvalue weighted by molar-refractivity contribution is -0.115. The van der Waals surface area contributed by atoms with Crippen LogP contribution in [0.3, 0.4) is 0 Å². The molecule has 0 radical (unpaired) electrons. The standard InChI is InChI=1S/C12H11IO/c13-11(12(14)10-6-7-10)8-9-4-2-1-3-5-9/h1-5,8,10H,6-7H2/b11-8+. The smallest absolute Gasteiger partial charge is 0.172 e. The second kappa shape index (κ2) is 4.26. The normalized spacial score (nSPS) is 16.8. The van der Waals surface area contributed by atoms with Gasteiger partial charge in [-0.25, -0.2) is 0 Å².